The second kappa shape index (κ2) is 4.69. The van der Waals surface area contributed by atoms with Crippen LogP contribution in [0.3, 0.4) is 0 Å². The summed E-state index contributed by atoms with van der Waals surface area (Å²) in [5.74, 6) is 1.04. The summed E-state index contributed by atoms with van der Waals surface area (Å²) in [6.45, 7) is 6.82. The molecule has 12 heavy (non-hydrogen) atoms. The van der Waals surface area contributed by atoms with Crippen LogP contribution in [-0.4, -0.2) is 0 Å². The first-order chi connectivity index (χ1) is 5.74. The molecule has 0 atom stereocenters. The first kappa shape index (κ1) is 9.83. The van der Waals surface area contributed by atoms with Gasteiger partial charge in [0.05, 0.1) is 0 Å². The van der Waals surface area contributed by atoms with Gasteiger partial charge in [-0.1, -0.05) is 30.9 Å². The van der Waals surface area contributed by atoms with E-state index in [2.05, 4.69) is 20.8 Å². The van der Waals surface area contributed by atoms with Crippen molar-refractivity contribution < 1.29 is 0 Å². The van der Waals surface area contributed by atoms with E-state index in [1.807, 2.05) is 0 Å². The first-order valence-electron chi connectivity index (χ1n) is 5.39. The fraction of sp³-hybridized carbons (Fsp3) is 0.833. The Hall–Kier alpha value is -0.260. The van der Waals surface area contributed by atoms with Crippen LogP contribution in [0.15, 0.2) is 11.1 Å². The van der Waals surface area contributed by atoms with E-state index in [0.717, 1.165) is 5.92 Å². The zero-order chi connectivity index (χ0) is 8.97. The second-order valence-electron chi connectivity index (χ2n) is 4.34. The smallest absolute Gasteiger partial charge is 0.0315 e. The molecule has 0 aromatic heterocycles. The Morgan fingerprint density at radius 1 is 1.25 bits per heavy atom. The first-order valence-corrected chi connectivity index (χ1v) is 5.39. The van der Waals surface area contributed by atoms with Crippen LogP contribution >= 0.6 is 0 Å². The molecule has 0 radical (unpaired) electrons. The summed E-state index contributed by atoms with van der Waals surface area (Å²) in [6, 6.07) is 0. The van der Waals surface area contributed by atoms with E-state index >= 15 is 0 Å². The minimum Gasteiger partial charge on any atom is -0.0772 e. The molecule has 0 saturated heterocycles. The number of rotatable bonds is 2. The molecule has 1 aliphatic carbocycles. The highest BCUT2D eigenvalue weighted by Crippen LogP contribution is 2.32. The van der Waals surface area contributed by atoms with E-state index in [4.69, 9.17) is 0 Å². The second-order valence-corrected chi connectivity index (χ2v) is 4.34. The molecule has 70 valence electrons. The average molecular weight is 166 g/mol. The van der Waals surface area contributed by atoms with Crippen molar-refractivity contribution in [1.29, 1.82) is 0 Å². The van der Waals surface area contributed by atoms with Crippen LogP contribution in [0.2, 0.25) is 0 Å². The highest BCUT2D eigenvalue weighted by atomic mass is 14.2. The van der Waals surface area contributed by atoms with Gasteiger partial charge in [-0.3, -0.25) is 0 Å². The SMILES string of the molecule is CCCC1CCC(=C(C)C)CC1. The quantitative estimate of drug-likeness (QED) is 0.536. The van der Waals surface area contributed by atoms with Crippen LogP contribution in [0, 0.1) is 5.92 Å². The fourth-order valence-electron chi connectivity index (χ4n) is 2.22. The molecule has 0 aromatic rings. The molecule has 0 aliphatic heterocycles. The zero-order valence-electron chi connectivity index (χ0n) is 8.82. The van der Waals surface area contributed by atoms with E-state index in [1.165, 1.54) is 38.5 Å². The van der Waals surface area contributed by atoms with Crippen LogP contribution < -0.4 is 0 Å². The molecule has 1 fully saturated rings. The summed E-state index contributed by atoms with van der Waals surface area (Å²) in [4.78, 5) is 0. The van der Waals surface area contributed by atoms with Gasteiger partial charge in [0.25, 0.3) is 0 Å². The van der Waals surface area contributed by atoms with Crippen LogP contribution in [0.25, 0.3) is 0 Å². The third-order valence-corrected chi connectivity index (χ3v) is 3.11. The van der Waals surface area contributed by atoms with Crippen molar-refractivity contribution in [3.63, 3.8) is 0 Å². The Morgan fingerprint density at radius 2 is 1.83 bits per heavy atom. The Morgan fingerprint density at radius 3 is 2.25 bits per heavy atom. The molecular weight excluding hydrogens is 144 g/mol. The molecule has 0 amide bonds. The predicted octanol–water partition coefficient (Wildman–Crippen LogP) is 4.31. The van der Waals surface area contributed by atoms with Crippen molar-refractivity contribution in [3.8, 4) is 0 Å². The number of hydrogen-bond acceptors (Lipinski definition) is 0. The van der Waals surface area contributed by atoms with Crippen molar-refractivity contribution in [1.82, 2.24) is 0 Å². The minimum absolute atomic E-state index is 1.04. The maximum absolute atomic E-state index is 2.30. The van der Waals surface area contributed by atoms with E-state index in [0.29, 0.717) is 0 Å². The van der Waals surface area contributed by atoms with Gasteiger partial charge in [0, 0.05) is 0 Å². The third-order valence-electron chi connectivity index (χ3n) is 3.11. The van der Waals surface area contributed by atoms with Crippen LogP contribution in [0.4, 0.5) is 0 Å². The molecule has 0 nitrogen and oxygen atoms in total. The molecule has 0 aromatic carbocycles. The van der Waals surface area contributed by atoms with Crippen molar-refractivity contribution in [2.75, 3.05) is 0 Å². The standard InChI is InChI=1S/C12H22/c1-4-5-11-6-8-12(9-7-11)10(2)3/h11H,4-9H2,1-3H3. The van der Waals surface area contributed by atoms with Crippen molar-refractivity contribution in [2.24, 2.45) is 5.92 Å². The van der Waals surface area contributed by atoms with Gasteiger partial charge in [-0.2, -0.15) is 0 Å². The molecule has 1 saturated carbocycles. The zero-order valence-corrected chi connectivity index (χ0v) is 8.82. The summed E-state index contributed by atoms with van der Waals surface area (Å²) >= 11 is 0. The van der Waals surface area contributed by atoms with Crippen LogP contribution in [0.5, 0.6) is 0 Å². The molecule has 0 heteroatoms. The third kappa shape index (κ3) is 2.66. The summed E-state index contributed by atoms with van der Waals surface area (Å²) in [5.41, 5.74) is 3.31. The number of allylic oxidation sites excluding steroid dienone is 2. The van der Waals surface area contributed by atoms with E-state index in [-0.39, 0.29) is 0 Å². The predicted molar refractivity (Wildman–Crippen MR) is 55.2 cm³/mol. The van der Waals surface area contributed by atoms with Crippen LogP contribution in [0.1, 0.15) is 59.3 Å². The highest BCUT2D eigenvalue weighted by Gasteiger charge is 2.15. The summed E-state index contributed by atoms with van der Waals surface area (Å²) < 4.78 is 0. The van der Waals surface area contributed by atoms with Crippen molar-refractivity contribution >= 4 is 0 Å². The van der Waals surface area contributed by atoms with E-state index in [9.17, 15) is 0 Å². The van der Waals surface area contributed by atoms with Crippen molar-refractivity contribution in [3.05, 3.63) is 11.1 Å². The lowest BCUT2D eigenvalue weighted by atomic mass is 9.82. The van der Waals surface area contributed by atoms with Gasteiger partial charge in [-0.05, 0) is 45.4 Å². The minimum atomic E-state index is 1.04. The van der Waals surface area contributed by atoms with Gasteiger partial charge in [-0.25, -0.2) is 0 Å². The van der Waals surface area contributed by atoms with E-state index in [1.54, 1.807) is 11.1 Å². The molecule has 0 spiro atoms. The lowest BCUT2D eigenvalue weighted by molar-refractivity contribution is 0.379. The van der Waals surface area contributed by atoms with Crippen molar-refractivity contribution in [2.45, 2.75) is 59.3 Å². The lowest BCUT2D eigenvalue weighted by Crippen LogP contribution is -2.08. The summed E-state index contributed by atoms with van der Waals surface area (Å²) in [7, 11) is 0. The van der Waals surface area contributed by atoms with Gasteiger partial charge in [0.2, 0.25) is 0 Å². The average Bonchev–Trinajstić information content (AvgIpc) is 2.06. The van der Waals surface area contributed by atoms with Gasteiger partial charge < -0.3 is 0 Å². The molecule has 1 rings (SSSR count). The Labute approximate surface area is 77.1 Å². The molecule has 0 N–H and O–H groups in total. The largest absolute Gasteiger partial charge is 0.0772 e. The number of hydrogen-bond donors (Lipinski definition) is 0. The molecule has 0 unspecified atom stereocenters. The topological polar surface area (TPSA) is 0 Å². The van der Waals surface area contributed by atoms with Gasteiger partial charge >= 0.3 is 0 Å². The van der Waals surface area contributed by atoms with Crippen LogP contribution in [-0.2, 0) is 0 Å². The maximum atomic E-state index is 2.30. The highest BCUT2D eigenvalue weighted by molar-refractivity contribution is 5.11. The van der Waals surface area contributed by atoms with Gasteiger partial charge in [0.15, 0.2) is 0 Å². The molecule has 0 heterocycles. The maximum Gasteiger partial charge on any atom is -0.0315 e. The Kier molecular flexibility index (Phi) is 3.84. The Bertz CT molecular complexity index is 151. The summed E-state index contributed by atoms with van der Waals surface area (Å²) in [6.07, 6.45) is 8.49. The molecular formula is C12H22. The Balaban J connectivity index is 2.35. The normalized spacial score (nSPS) is 24.2. The van der Waals surface area contributed by atoms with Gasteiger partial charge in [-0.15, -0.1) is 0 Å². The lowest BCUT2D eigenvalue weighted by Gasteiger charge is -2.24. The molecule has 0 bridgehead atoms. The monoisotopic (exact) mass is 166 g/mol. The van der Waals surface area contributed by atoms with E-state index < -0.39 is 0 Å². The fourth-order valence-corrected chi connectivity index (χ4v) is 2.22. The summed E-state index contributed by atoms with van der Waals surface area (Å²) in [5, 5.41) is 0. The molecule has 1 aliphatic rings. The van der Waals surface area contributed by atoms with Gasteiger partial charge in [0.1, 0.15) is 0 Å².